The zero-order valence-corrected chi connectivity index (χ0v) is 25.7. The fraction of sp³-hybridized carbons (Fsp3) is 0.250. The fourth-order valence-electron chi connectivity index (χ4n) is 4.81. The van der Waals surface area contributed by atoms with E-state index in [4.69, 9.17) is 9.47 Å². The maximum absolute atomic E-state index is 13.8. The molecule has 0 unspecified atom stereocenters. The Labute approximate surface area is 247 Å². The molecule has 42 heavy (non-hydrogen) atoms. The number of aromatic nitrogens is 1. The molecule has 1 N–H and O–H groups in total. The van der Waals surface area contributed by atoms with E-state index in [0.29, 0.717) is 5.75 Å². The standard InChI is InChI=1S/C32H36N4O5S/c1-21-8-12-28(13-9-21)42(38,39)35(30-15-11-27(40-6)18-31(30)41-7)20-32(37)34-33-19-26-17-24(4)36(25(26)5)29-14-10-22(2)16-23(29)3/h8-19H,20H2,1-7H3,(H,34,37)/b33-19-. The summed E-state index contributed by atoms with van der Waals surface area (Å²) in [6.07, 6.45) is 1.56. The van der Waals surface area contributed by atoms with Crippen molar-refractivity contribution < 1.29 is 22.7 Å². The Morgan fingerprint density at radius 2 is 1.60 bits per heavy atom. The van der Waals surface area contributed by atoms with Crippen LogP contribution in [-0.4, -0.2) is 45.9 Å². The molecule has 3 aromatic carbocycles. The third-order valence-electron chi connectivity index (χ3n) is 7.01. The number of sulfonamides is 1. The highest BCUT2D eigenvalue weighted by Crippen LogP contribution is 2.35. The molecule has 0 aliphatic carbocycles. The third kappa shape index (κ3) is 6.33. The molecule has 0 bridgehead atoms. The zero-order valence-electron chi connectivity index (χ0n) is 24.9. The first-order chi connectivity index (χ1) is 20.0. The highest BCUT2D eigenvalue weighted by atomic mass is 32.2. The minimum absolute atomic E-state index is 0.0427. The molecule has 0 radical (unpaired) electrons. The number of nitrogens with zero attached hydrogens (tertiary/aromatic N) is 3. The van der Waals surface area contributed by atoms with Crippen molar-refractivity contribution in [2.24, 2.45) is 5.10 Å². The lowest BCUT2D eigenvalue weighted by Crippen LogP contribution is -2.39. The summed E-state index contributed by atoms with van der Waals surface area (Å²) >= 11 is 0. The minimum atomic E-state index is -4.15. The van der Waals surface area contributed by atoms with Crippen LogP contribution in [0.15, 0.2) is 76.7 Å². The molecule has 1 heterocycles. The minimum Gasteiger partial charge on any atom is -0.497 e. The number of methoxy groups -OCH3 is 2. The average Bonchev–Trinajstić information content (AvgIpc) is 3.23. The fourth-order valence-corrected chi connectivity index (χ4v) is 6.24. The molecule has 4 aromatic rings. The molecular formula is C32H36N4O5S. The number of nitrogens with one attached hydrogen (secondary N) is 1. The van der Waals surface area contributed by atoms with Crippen molar-refractivity contribution in [2.75, 3.05) is 25.1 Å². The van der Waals surface area contributed by atoms with Crippen LogP contribution in [-0.2, 0) is 14.8 Å². The Morgan fingerprint density at radius 3 is 2.24 bits per heavy atom. The SMILES string of the molecule is COc1ccc(N(CC(=O)N/N=C\c2cc(C)n(-c3ccc(C)cc3C)c2C)S(=O)(=O)c2ccc(C)cc2)c(OC)c1. The topological polar surface area (TPSA) is 102 Å². The van der Waals surface area contributed by atoms with Gasteiger partial charge < -0.3 is 14.0 Å². The van der Waals surface area contributed by atoms with Crippen molar-refractivity contribution in [3.05, 3.63) is 100 Å². The van der Waals surface area contributed by atoms with Crippen LogP contribution in [0.5, 0.6) is 11.5 Å². The van der Waals surface area contributed by atoms with Gasteiger partial charge in [-0.25, -0.2) is 13.8 Å². The second-order valence-electron chi connectivity index (χ2n) is 10.1. The molecule has 1 amide bonds. The van der Waals surface area contributed by atoms with Gasteiger partial charge in [-0.2, -0.15) is 5.10 Å². The highest BCUT2D eigenvalue weighted by molar-refractivity contribution is 7.92. The van der Waals surface area contributed by atoms with Gasteiger partial charge in [-0.1, -0.05) is 35.4 Å². The van der Waals surface area contributed by atoms with Gasteiger partial charge in [-0.05, 0) is 76.6 Å². The number of hydrazone groups is 1. The van der Waals surface area contributed by atoms with E-state index < -0.39 is 22.5 Å². The summed E-state index contributed by atoms with van der Waals surface area (Å²) in [6.45, 7) is 9.47. The van der Waals surface area contributed by atoms with E-state index in [9.17, 15) is 13.2 Å². The van der Waals surface area contributed by atoms with Crippen LogP contribution in [0.1, 0.15) is 33.6 Å². The molecule has 0 saturated carbocycles. The second-order valence-corrected chi connectivity index (χ2v) is 12.0. The van der Waals surface area contributed by atoms with Gasteiger partial charge >= 0.3 is 0 Å². The van der Waals surface area contributed by atoms with Gasteiger partial charge in [0, 0.05) is 28.7 Å². The van der Waals surface area contributed by atoms with Gasteiger partial charge in [0.05, 0.1) is 31.0 Å². The van der Waals surface area contributed by atoms with Crippen molar-refractivity contribution in [1.29, 1.82) is 0 Å². The molecule has 220 valence electrons. The van der Waals surface area contributed by atoms with E-state index in [-0.39, 0.29) is 16.3 Å². The molecule has 0 aliphatic heterocycles. The Balaban J connectivity index is 1.61. The van der Waals surface area contributed by atoms with Gasteiger partial charge in [0.1, 0.15) is 18.0 Å². The Bertz CT molecular complexity index is 1740. The first-order valence-electron chi connectivity index (χ1n) is 13.4. The van der Waals surface area contributed by atoms with Gasteiger partial charge in [0.25, 0.3) is 15.9 Å². The highest BCUT2D eigenvalue weighted by Gasteiger charge is 2.29. The third-order valence-corrected chi connectivity index (χ3v) is 8.78. The Hall–Kier alpha value is -4.57. The average molecular weight is 589 g/mol. The molecule has 0 spiro atoms. The van der Waals surface area contributed by atoms with Crippen LogP contribution < -0.4 is 19.2 Å². The predicted octanol–water partition coefficient (Wildman–Crippen LogP) is 5.38. The van der Waals surface area contributed by atoms with Crippen LogP contribution >= 0.6 is 0 Å². The molecule has 1 aromatic heterocycles. The van der Waals surface area contributed by atoms with E-state index >= 15 is 0 Å². The lowest BCUT2D eigenvalue weighted by atomic mass is 10.1. The summed E-state index contributed by atoms with van der Waals surface area (Å²) in [6, 6.07) is 19.4. The number of anilines is 1. The van der Waals surface area contributed by atoms with Crippen LogP contribution in [0, 0.1) is 34.6 Å². The number of benzene rings is 3. The maximum atomic E-state index is 13.8. The van der Waals surface area contributed by atoms with E-state index in [2.05, 4.69) is 47.1 Å². The molecule has 0 atom stereocenters. The maximum Gasteiger partial charge on any atom is 0.264 e. The number of hydrogen-bond donors (Lipinski definition) is 1. The largest absolute Gasteiger partial charge is 0.497 e. The number of hydrogen-bond acceptors (Lipinski definition) is 6. The van der Waals surface area contributed by atoms with Gasteiger partial charge in [-0.3, -0.25) is 9.10 Å². The van der Waals surface area contributed by atoms with E-state index in [1.54, 1.807) is 36.5 Å². The lowest BCUT2D eigenvalue weighted by Gasteiger charge is -2.25. The monoisotopic (exact) mass is 588 g/mol. The van der Waals surface area contributed by atoms with E-state index in [0.717, 1.165) is 38.1 Å². The Kier molecular flexibility index (Phi) is 9.06. The lowest BCUT2D eigenvalue weighted by molar-refractivity contribution is -0.119. The molecule has 9 nitrogen and oxygen atoms in total. The number of aryl methyl sites for hydroxylation is 4. The van der Waals surface area contributed by atoms with Crippen molar-refractivity contribution in [3.8, 4) is 17.2 Å². The van der Waals surface area contributed by atoms with Crippen LogP contribution in [0.25, 0.3) is 5.69 Å². The summed E-state index contributed by atoms with van der Waals surface area (Å²) in [5.74, 6) is 0.0962. The summed E-state index contributed by atoms with van der Waals surface area (Å²) in [5, 5.41) is 4.16. The van der Waals surface area contributed by atoms with Crippen LogP contribution in [0.3, 0.4) is 0 Å². The zero-order chi connectivity index (χ0) is 30.6. The van der Waals surface area contributed by atoms with E-state index in [1.807, 2.05) is 26.8 Å². The molecule has 4 rings (SSSR count). The molecular weight excluding hydrogens is 552 g/mol. The molecule has 0 saturated heterocycles. The number of amides is 1. The summed E-state index contributed by atoms with van der Waals surface area (Å²) < 4.78 is 41.4. The number of carbonyl (C=O) groups is 1. The van der Waals surface area contributed by atoms with Gasteiger partial charge in [0.15, 0.2) is 0 Å². The normalized spacial score (nSPS) is 11.5. The van der Waals surface area contributed by atoms with Crippen molar-refractivity contribution >= 4 is 27.8 Å². The first kappa shape index (κ1) is 30.4. The van der Waals surface area contributed by atoms with Crippen molar-refractivity contribution in [2.45, 2.75) is 39.5 Å². The number of carbonyl (C=O) groups excluding carboxylic acids is 1. The summed E-state index contributed by atoms with van der Waals surface area (Å²) in [4.78, 5) is 13.2. The number of rotatable bonds is 10. The summed E-state index contributed by atoms with van der Waals surface area (Å²) in [7, 11) is -1.22. The van der Waals surface area contributed by atoms with Gasteiger partial charge in [0.2, 0.25) is 0 Å². The van der Waals surface area contributed by atoms with E-state index in [1.165, 1.54) is 31.9 Å². The van der Waals surface area contributed by atoms with Crippen molar-refractivity contribution in [3.63, 3.8) is 0 Å². The quantitative estimate of drug-likeness (QED) is 0.198. The second kappa shape index (κ2) is 12.5. The smallest absolute Gasteiger partial charge is 0.264 e. The van der Waals surface area contributed by atoms with Crippen LogP contribution in [0.4, 0.5) is 5.69 Å². The van der Waals surface area contributed by atoms with Gasteiger partial charge in [-0.15, -0.1) is 0 Å². The van der Waals surface area contributed by atoms with Crippen molar-refractivity contribution in [1.82, 2.24) is 9.99 Å². The molecule has 10 heteroatoms. The Morgan fingerprint density at radius 1 is 0.905 bits per heavy atom. The predicted molar refractivity (Wildman–Crippen MR) is 166 cm³/mol. The first-order valence-corrected chi connectivity index (χ1v) is 14.8. The number of ether oxygens (including phenoxy) is 2. The molecule has 0 aliphatic rings. The summed E-state index contributed by atoms with van der Waals surface area (Å²) in [5.41, 5.74) is 9.81. The molecule has 0 fully saturated rings. The van der Waals surface area contributed by atoms with Crippen LogP contribution in [0.2, 0.25) is 0 Å².